The van der Waals surface area contributed by atoms with E-state index in [2.05, 4.69) is 22.4 Å². The van der Waals surface area contributed by atoms with Crippen LogP contribution in [0.3, 0.4) is 0 Å². The van der Waals surface area contributed by atoms with Crippen LogP contribution in [-0.4, -0.2) is 38.8 Å². The van der Waals surface area contributed by atoms with Crippen molar-refractivity contribution in [3.8, 4) is 10.6 Å². The van der Waals surface area contributed by atoms with Gasteiger partial charge < -0.3 is 5.73 Å². The van der Waals surface area contributed by atoms with Crippen LogP contribution in [0.4, 0.5) is 0 Å². The van der Waals surface area contributed by atoms with Gasteiger partial charge in [0.05, 0.1) is 11.9 Å². The molecule has 0 aromatic carbocycles. The zero-order valence-corrected chi connectivity index (χ0v) is 13.5. The largest absolute Gasteiger partial charge is 0.328 e. The van der Waals surface area contributed by atoms with E-state index in [0.717, 1.165) is 29.2 Å². The van der Waals surface area contributed by atoms with Crippen LogP contribution in [0.1, 0.15) is 31.4 Å². The molecule has 2 aromatic rings. The highest BCUT2D eigenvalue weighted by molar-refractivity contribution is 7.13. The monoisotopic (exact) mass is 305 g/mol. The minimum atomic E-state index is 0.368. The van der Waals surface area contributed by atoms with E-state index in [1.807, 2.05) is 24.1 Å². The summed E-state index contributed by atoms with van der Waals surface area (Å²) in [5, 5.41) is 7.41. The van der Waals surface area contributed by atoms with Gasteiger partial charge in [0.15, 0.2) is 0 Å². The number of aromatic nitrogens is 3. The normalized spacial score (nSPS) is 22.9. The minimum Gasteiger partial charge on any atom is -0.328 e. The number of nitrogens with zero attached hydrogens (tertiary/aromatic N) is 4. The van der Waals surface area contributed by atoms with Gasteiger partial charge in [-0.3, -0.25) is 9.58 Å². The Kier molecular flexibility index (Phi) is 4.37. The molecular formula is C15H23N5S. The quantitative estimate of drug-likeness (QED) is 0.941. The van der Waals surface area contributed by atoms with Gasteiger partial charge in [-0.25, -0.2) is 4.98 Å². The maximum atomic E-state index is 6.09. The maximum Gasteiger partial charge on any atom is 0.126 e. The number of hydrogen-bond donors (Lipinski definition) is 1. The van der Waals surface area contributed by atoms with E-state index in [4.69, 9.17) is 10.7 Å². The highest BCUT2D eigenvalue weighted by Crippen LogP contribution is 2.26. The molecule has 21 heavy (non-hydrogen) atoms. The fourth-order valence-corrected chi connectivity index (χ4v) is 3.82. The second-order valence-corrected chi connectivity index (χ2v) is 6.90. The topological polar surface area (TPSA) is 60.0 Å². The van der Waals surface area contributed by atoms with E-state index in [9.17, 15) is 0 Å². The van der Waals surface area contributed by atoms with E-state index in [-0.39, 0.29) is 0 Å². The SMILES string of the molecule is CN(Cc1csc(-c2cnn(C)c2)n1)C1CCCC(N)C1. The van der Waals surface area contributed by atoms with Gasteiger partial charge in [0.2, 0.25) is 0 Å². The Bertz CT molecular complexity index is 590. The first-order chi connectivity index (χ1) is 10.1. The second kappa shape index (κ2) is 6.25. The van der Waals surface area contributed by atoms with Gasteiger partial charge >= 0.3 is 0 Å². The Labute approximate surface area is 129 Å². The Balaban J connectivity index is 1.64. The third-order valence-electron chi connectivity index (χ3n) is 4.23. The lowest BCUT2D eigenvalue weighted by atomic mass is 9.91. The molecule has 1 fully saturated rings. The molecule has 3 rings (SSSR count). The highest BCUT2D eigenvalue weighted by Gasteiger charge is 2.23. The Morgan fingerprint density at radius 1 is 1.48 bits per heavy atom. The molecule has 1 aliphatic rings. The van der Waals surface area contributed by atoms with Crippen molar-refractivity contribution in [1.82, 2.24) is 19.7 Å². The smallest absolute Gasteiger partial charge is 0.126 e. The zero-order valence-electron chi connectivity index (χ0n) is 12.7. The molecule has 2 aromatic heterocycles. The number of hydrogen-bond acceptors (Lipinski definition) is 5. The predicted octanol–water partition coefficient (Wildman–Crippen LogP) is 2.25. The van der Waals surface area contributed by atoms with Crippen molar-refractivity contribution in [2.75, 3.05) is 7.05 Å². The van der Waals surface area contributed by atoms with Gasteiger partial charge in [-0.05, 0) is 26.3 Å². The number of nitrogens with two attached hydrogens (primary N) is 1. The number of aryl methyl sites for hydroxylation is 1. The van der Waals surface area contributed by atoms with Crippen molar-refractivity contribution in [1.29, 1.82) is 0 Å². The van der Waals surface area contributed by atoms with E-state index in [1.54, 1.807) is 11.3 Å². The first-order valence-electron chi connectivity index (χ1n) is 7.51. The van der Waals surface area contributed by atoms with Crippen molar-refractivity contribution in [2.24, 2.45) is 12.8 Å². The van der Waals surface area contributed by atoms with Crippen LogP contribution in [0.5, 0.6) is 0 Å². The molecule has 1 aliphatic carbocycles. The minimum absolute atomic E-state index is 0.368. The van der Waals surface area contributed by atoms with Crippen molar-refractivity contribution >= 4 is 11.3 Å². The van der Waals surface area contributed by atoms with Crippen molar-refractivity contribution in [3.05, 3.63) is 23.5 Å². The van der Waals surface area contributed by atoms with Gasteiger partial charge in [-0.15, -0.1) is 11.3 Å². The Hall–Kier alpha value is -1.24. The summed E-state index contributed by atoms with van der Waals surface area (Å²) >= 11 is 1.69. The van der Waals surface area contributed by atoms with Gasteiger partial charge in [0.1, 0.15) is 5.01 Å². The number of rotatable bonds is 4. The van der Waals surface area contributed by atoms with Crippen LogP contribution >= 0.6 is 11.3 Å². The summed E-state index contributed by atoms with van der Waals surface area (Å²) in [7, 11) is 4.11. The van der Waals surface area contributed by atoms with Crippen molar-refractivity contribution in [2.45, 2.75) is 44.3 Å². The first-order valence-corrected chi connectivity index (χ1v) is 8.39. The van der Waals surface area contributed by atoms with Crippen molar-refractivity contribution < 1.29 is 0 Å². The van der Waals surface area contributed by atoms with Crippen molar-refractivity contribution in [3.63, 3.8) is 0 Å². The van der Waals surface area contributed by atoms with Crippen LogP contribution in [0, 0.1) is 0 Å². The molecule has 0 radical (unpaired) electrons. The average Bonchev–Trinajstić information content (AvgIpc) is 3.07. The molecule has 0 spiro atoms. The molecule has 5 nitrogen and oxygen atoms in total. The fourth-order valence-electron chi connectivity index (χ4n) is 3.03. The molecule has 1 saturated carbocycles. The molecule has 0 saturated heterocycles. The number of thiazole rings is 1. The Morgan fingerprint density at radius 2 is 2.33 bits per heavy atom. The van der Waals surface area contributed by atoms with E-state index in [1.165, 1.54) is 19.3 Å². The highest BCUT2D eigenvalue weighted by atomic mass is 32.1. The second-order valence-electron chi connectivity index (χ2n) is 6.04. The summed E-state index contributed by atoms with van der Waals surface area (Å²) in [6.45, 7) is 0.897. The van der Waals surface area contributed by atoms with Crippen LogP contribution < -0.4 is 5.73 Å². The summed E-state index contributed by atoms with van der Waals surface area (Å²) in [5.41, 5.74) is 8.32. The average molecular weight is 305 g/mol. The van der Waals surface area contributed by atoms with Gasteiger partial charge in [-0.2, -0.15) is 5.10 Å². The van der Waals surface area contributed by atoms with Crippen LogP contribution in [0.2, 0.25) is 0 Å². The molecular weight excluding hydrogens is 282 g/mol. The van der Waals surface area contributed by atoms with Crippen LogP contribution in [0.15, 0.2) is 17.8 Å². The summed E-state index contributed by atoms with van der Waals surface area (Å²) in [6.07, 6.45) is 8.65. The van der Waals surface area contributed by atoms with E-state index < -0.39 is 0 Å². The third-order valence-corrected chi connectivity index (χ3v) is 5.17. The van der Waals surface area contributed by atoms with Crippen LogP contribution in [0.25, 0.3) is 10.6 Å². The molecule has 0 bridgehead atoms. The third kappa shape index (κ3) is 3.51. The maximum absolute atomic E-state index is 6.09. The lowest BCUT2D eigenvalue weighted by molar-refractivity contribution is 0.172. The molecule has 114 valence electrons. The van der Waals surface area contributed by atoms with E-state index >= 15 is 0 Å². The predicted molar refractivity (Wildman–Crippen MR) is 86.0 cm³/mol. The Morgan fingerprint density at radius 3 is 3.05 bits per heavy atom. The first kappa shape index (κ1) is 14.7. The van der Waals surface area contributed by atoms with E-state index in [0.29, 0.717) is 12.1 Å². The van der Waals surface area contributed by atoms with Crippen LogP contribution in [-0.2, 0) is 13.6 Å². The fraction of sp³-hybridized carbons (Fsp3) is 0.600. The molecule has 2 unspecified atom stereocenters. The molecule has 2 atom stereocenters. The van der Waals surface area contributed by atoms with Gasteiger partial charge in [-0.1, -0.05) is 6.42 Å². The van der Waals surface area contributed by atoms with Gasteiger partial charge in [0, 0.05) is 42.8 Å². The summed E-state index contributed by atoms with van der Waals surface area (Å²) in [6, 6.07) is 0.963. The molecule has 0 aliphatic heterocycles. The molecule has 6 heteroatoms. The lowest BCUT2D eigenvalue weighted by Gasteiger charge is -2.33. The lowest BCUT2D eigenvalue weighted by Crippen LogP contribution is -2.40. The molecule has 2 heterocycles. The summed E-state index contributed by atoms with van der Waals surface area (Å²) in [4.78, 5) is 7.14. The van der Waals surface area contributed by atoms with Gasteiger partial charge in [0.25, 0.3) is 0 Å². The zero-order chi connectivity index (χ0) is 14.8. The standard InChI is InChI=1S/C15H23N5S/c1-19(14-5-3-4-12(16)6-14)9-13-10-21-15(18-13)11-7-17-20(2)8-11/h7-8,10,12,14H,3-6,9,16H2,1-2H3. The summed E-state index contributed by atoms with van der Waals surface area (Å²) in [5.74, 6) is 0. The molecule has 2 N–H and O–H groups in total. The summed E-state index contributed by atoms with van der Waals surface area (Å²) < 4.78 is 1.81. The molecule has 0 amide bonds.